The highest BCUT2D eigenvalue weighted by molar-refractivity contribution is 7.12. The van der Waals surface area contributed by atoms with Crippen molar-refractivity contribution in [3.8, 4) is 0 Å². The van der Waals surface area contributed by atoms with E-state index < -0.39 is 0 Å². The van der Waals surface area contributed by atoms with Crippen LogP contribution in [0.15, 0.2) is 11.8 Å². The summed E-state index contributed by atoms with van der Waals surface area (Å²) in [5.74, 6) is 0.793. The summed E-state index contributed by atoms with van der Waals surface area (Å²) in [6.45, 7) is 4.41. The first kappa shape index (κ1) is 9.55. The lowest BCUT2D eigenvalue weighted by molar-refractivity contribution is 0.716. The first-order valence-corrected chi connectivity index (χ1v) is 6.51. The fraction of sp³-hybridized carbons (Fsp3) is 0.583. The molecule has 2 nitrogen and oxygen atoms in total. The number of rotatable bonds is 2. The van der Waals surface area contributed by atoms with Crippen LogP contribution in [0.2, 0.25) is 0 Å². The smallest absolute Gasteiger partial charge is 0.0962 e. The Balaban J connectivity index is 1.90. The predicted octanol–water partition coefficient (Wildman–Crippen LogP) is 2.79. The first-order valence-electron chi connectivity index (χ1n) is 5.70. The summed E-state index contributed by atoms with van der Waals surface area (Å²) in [6.07, 6.45) is 5.96. The third-order valence-corrected chi connectivity index (χ3v) is 4.46. The van der Waals surface area contributed by atoms with E-state index in [1.807, 2.05) is 11.3 Å². The van der Waals surface area contributed by atoms with Crippen molar-refractivity contribution in [1.29, 1.82) is 0 Å². The van der Waals surface area contributed by atoms with Crippen LogP contribution in [-0.2, 0) is 0 Å². The lowest BCUT2D eigenvalue weighted by atomic mass is 10.0. The summed E-state index contributed by atoms with van der Waals surface area (Å²) >= 11 is 1.90. The van der Waals surface area contributed by atoms with Crippen LogP contribution in [0.4, 0.5) is 0 Å². The van der Waals surface area contributed by atoms with Gasteiger partial charge in [-0.15, -0.1) is 11.3 Å². The van der Waals surface area contributed by atoms with Crippen molar-refractivity contribution in [3.63, 3.8) is 0 Å². The maximum absolute atomic E-state index is 4.54. The monoisotopic (exact) mass is 220 g/mol. The molecular formula is C12H16N2S. The maximum Gasteiger partial charge on any atom is 0.0962 e. The topological polar surface area (TPSA) is 24.9 Å². The minimum Gasteiger partial charge on any atom is -0.312 e. The van der Waals surface area contributed by atoms with Crippen molar-refractivity contribution < 1.29 is 0 Å². The van der Waals surface area contributed by atoms with Gasteiger partial charge in [-0.2, -0.15) is 0 Å². The van der Waals surface area contributed by atoms with Gasteiger partial charge in [-0.3, -0.25) is 0 Å². The molecule has 15 heavy (non-hydrogen) atoms. The summed E-state index contributed by atoms with van der Waals surface area (Å²) in [5.41, 5.74) is 3.03. The molecule has 0 aromatic carbocycles. The van der Waals surface area contributed by atoms with Crippen molar-refractivity contribution in [2.24, 2.45) is 0 Å². The minimum atomic E-state index is 0.793. The van der Waals surface area contributed by atoms with Crippen molar-refractivity contribution in [1.82, 2.24) is 10.3 Å². The molecular weight excluding hydrogens is 204 g/mol. The van der Waals surface area contributed by atoms with Crippen LogP contribution in [0.5, 0.6) is 0 Å². The Hall–Kier alpha value is -0.670. The van der Waals surface area contributed by atoms with E-state index in [1.54, 1.807) is 5.57 Å². The average Bonchev–Trinajstić information content (AvgIpc) is 2.99. The van der Waals surface area contributed by atoms with E-state index in [9.17, 15) is 0 Å². The molecule has 1 N–H and O–H groups in total. The van der Waals surface area contributed by atoms with E-state index in [2.05, 4.69) is 23.4 Å². The van der Waals surface area contributed by atoms with Gasteiger partial charge >= 0.3 is 0 Å². The Morgan fingerprint density at radius 1 is 1.47 bits per heavy atom. The molecule has 0 unspecified atom stereocenters. The number of aromatic nitrogens is 1. The second-order valence-corrected chi connectivity index (χ2v) is 5.58. The lowest BCUT2D eigenvalue weighted by Gasteiger charge is -2.17. The van der Waals surface area contributed by atoms with Crippen molar-refractivity contribution >= 4 is 16.9 Å². The fourth-order valence-electron chi connectivity index (χ4n) is 2.03. The van der Waals surface area contributed by atoms with Gasteiger partial charge in [0.15, 0.2) is 0 Å². The van der Waals surface area contributed by atoms with Crippen LogP contribution in [0, 0.1) is 0 Å². The molecule has 1 aromatic heterocycles. The third-order valence-electron chi connectivity index (χ3n) is 3.24. The number of hydrogen-bond acceptors (Lipinski definition) is 3. The zero-order valence-electron chi connectivity index (χ0n) is 9.05. The van der Waals surface area contributed by atoms with Gasteiger partial charge in [-0.05, 0) is 38.3 Å². The lowest BCUT2D eigenvalue weighted by Crippen LogP contribution is -2.23. The van der Waals surface area contributed by atoms with Crippen LogP contribution < -0.4 is 5.32 Å². The molecule has 0 amide bonds. The number of nitrogens with zero attached hydrogens (tertiary/aromatic N) is 1. The molecule has 1 aliphatic heterocycles. The van der Waals surface area contributed by atoms with Gasteiger partial charge < -0.3 is 5.32 Å². The molecule has 1 saturated carbocycles. The minimum absolute atomic E-state index is 0.793. The van der Waals surface area contributed by atoms with E-state index in [0.29, 0.717) is 0 Å². The van der Waals surface area contributed by atoms with Crippen LogP contribution in [0.25, 0.3) is 5.57 Å². The Morgan fingerprint density at radius 3 is 3.07 bits per heavy atom. The molecule has 1 fully saturated rings. The van der Waals surface area contributed by atoms with Crippen molar-refractivity contribution in [2.75, 3.05) is 13.1 Å². The molecule has 1 aromatic rings. The van der Waals surface area contributed by atoms with E-state index in [-0.39, 0.29) is 0 Å². The van der Waals surface area contributed by atoms with E-state index in [4.69, 9.17) is 0 Å². The van der Waals surface area contributed by atoms with Gasteiger partial charge in [-0.1, -0.05) is 5.57 Å². The number of hydrogen-bond donors (Lipinski definition) is 1. The zero-order valence-corrected chi connectivity index (χ0v) is 9.86. The summed E-state index contributed by atoms with van der Waals surface area (Å²) < 4.78 is 0. The number of nitrogens with one attached hydrogen (secondary N) is 1. The molecule has 0 bridgehead atoms. The predicted molar refractivity (Wildman–Crippen MR) is 64.2 cm³/mol. The fourth-order valence-corrected chi connectivity index (χ4v) is 3.24. The van der Waals surface area contributed by atoms with Gasteiger partial charge in [0.1, 0.15) is 0 Å². The molecule has 80 valence electrons. The van der Waals surface area contributed by atoms with Gasteiger partial charge in [0.25, 0.3) is 0 Å². The molecule has 2 aliphatic rings. The molecule has 3 heteroatoms. The summed E-state index contributed by atoms with van der Waals surface area (Å²) in [5, 5.41) is 4.80. The van der Waals surface area contributed by atoms with Gasteiger partial charge in [0.2, 0.25) is 0 Å². The maximum atomic E-state index is 4.54. The quantitative estimate of drug-likeness (QED) is 0.829. The van der Waals surface area contributed by atoms with Gasteiger partial charge in [0.05, 0.1) is 9.88 Å². The summed E-state index contributed by atoms with van der Waals surface area (Å²) in [6, 6.07) is 0. The van der Waals surface area contributed by atoms with Crippen LogP contribution >= 0.6 is 11.3 Å². The summed E-state index contributed by atoms with van der Waals surface area (Å²) in [7, 11) is 0. The Morgan fingerprint density at radius 2 is 2.33 bits per heavy atom. The highest BCUT2D eigenvalue weighted by Gasteiger charge is 2.27. The molecule has 0 radical (unpaired) electrons. The highest BCUT2D eigenvalue weighted by Crippen LogP contribution is 2.43. The normalized spacial score (nSPS) is 22.2. The van der Waals surface area contributed by atoms with Crippen LogP contribution in [-0.4, -0.2) is 18.1 Å². The molecule has 0 saturated heterocycles. The second-order valence-electron chi connectivity index (χ2n) is 4.52. The van der Waals surface area contributed by atoms with E-state index in [0.717, 1.165) is 19.0 Å². The summed E-state index contributed by atoms with van der Waals surface area (Å²) in [4.78, 5) is 5.93. The SMILES string of the molecule is CC1=C(c2cnc(C3CC3)s2)CNCC1. The molecule has 0 atom stereocenters. The van der Waals surface area contributed by atoms with Crippen molar-refractivity contribution in [3.05, 3.63) is 21.7 Å². The van der Waals surface area contributed by atoms with Gasteiger partial charge in [0, 0.05) is 18.7 Å². The molecule has 0 spiro atoms. The molecule has 1 aliphatic carbocycles. The molecule has 3 rings (SSSR count). The van der Waals surface area contributed by atoms with E-state index >= 15 is 0 Å². The van der Waals surface area contributed by atoms with Crippen LogP contribution in [0.1, 0.15) is 42.0 Å². The largest absolute Gasteiger partial charge is 0.312 e. The second kappa shape index (κ2) is 3.72. The molecule has 2 heterocycles. The van der Waals surface area contributed by atoms with Crippen molar-refractivity contribution in [2.45, 2.75) is 32.1 Å². The third kappa shape index (κ3) is 1.86. The van der Waals surface area contributed by atoms with Gasteiger partial charge in [-0.25, -0.2) is 4.98 Å². The van der Waals surface area contributed by atoms with E-state index in [1.165, 1.54) is 34.7 Å². The Labute approximate surface area is 94.4 Å². The zero-order chi connectivity index (χ0) is 10.3. The Kier molecular flexibility index (Phi) is 2.37. The average molecular weight is 220 g/mol. The highest BCUT2D eigenvalue weighted by atomic mass is 32.1. The first-order chi connectivity index (χ1) is 7.34. The standard InChI is InChI=1S/C12H16N2S/c1-8-4-5-13-6-10(8)11-7-14-12(15-11)9-2-3-9/h7,9,13H,2-6H2,1H3. The number of thiazole rings is 1. The Bertz CT molecular complexity index is 402. The van der Waals surface area contributed by atoms with Crippen LogP contribution in [0.3, 0.4) is 0 Å².